The summed E-state index contributed by atoms with van der Waals surface area (Å²) in [7, 11) is 1.58. The molecule has 0 atom stereocenters. The minimum absolute atomic E-state index is 0.0970. The molecule has 1 N–H and O–H groups in total. The number of nitriles is 1. The largest absolute Gasteiger partial charge is 0.358 e. The molecule has 0 saturated heterocycles. The fraction of sp³-hybridized carbons (Fsp3) is 0.400. The van der Waals surface area contributed by atoms with Crippen molar-refractivity contribution in [2.24, 2.45) is 0 Å². The Morgan fingerprint density at radius 1 is 1.64 bits per heavy atom. The second-order valence-corrected chi connectivity index (χ2v) is 3.19. The number of nitrogens with zero attached hydrogens (tertiary/aromatic N) is 2. The number of amides is 1. The van der Waals surface area contributed by atoms with Crippen molar-refractivity contribution in [1.29, 1.82) is 5.26 Å². The van der Waals surface area contributed by atoms with E-state index in [1.165, 1.54) is 0 Å². The van der Waals surface area contributed by atoms with Crippen LogP contribution in [0.15, 0.2) is 6.07 Å². The Balaban J connectivity index is 3.08. The standard InChI is InChI=1S/C10H13N3O/c1-7-4-8(2)13(9(7)5-11)6-10(14)12-3/h4H,6H2,1-3H3,(H,12,14). The van der Waals surface area contributed by atoms with E-state index in [9.17, 15) is 4.79 Å². The molecule has 0 saturated carbocycles. The first-order valence-corrected chi connectivity index (χ1v) is 4.37. The molecule has 0 aliphatic carbocycles. The molecular weight excluding hydrogens is 178 g/mol. The predicted octanol–water partition coefficient (Wildman–Crippen LogP) is 0.723. The van der Waals surface area contributed by atoms with E-state index in [2.05, 4.69) is 11.4 Å². The van der Waals surface area contributed by atoms with E-state index in [-0.39, 0.29) is 12.5 Å². The van der Waals surface area contributed by atoms with Crippen LogP contribution >= 0.6 is 0 Å². The van der Waals surface area contributed by atoms with Crippen LogP contribution < -0.4 is 5.32 Å². The number of nitrogens with one attached hydrogen (secondary N) is 1. The quantitative estimate of drug-likeness (QED) is 0.749. The van der Waals surface area contributed by atoms with E-state index in [4.69, 9.17) is 5.26 Å². The second-order valence-electron chi connectivity index (χ2n) is 3.19. The summed E-state index contributed by atoms with van der Waals surface area (Å²) >= 11 is 0. The van der Waals surface area contributed by atoms with E-state index in [1.807, 2.05) is 19.9 Å². The van der Waals surface area contributed by atoms with Gasteiger partial charge < -0.3 is 9.88 Å². The van der Waals surface area contributed by atoms with Gasteiger partial charge in [0.15, 0.2) is 0 Å². The maximum absolute atomic E-state index is 11.2. The van der Waals surface area contributed by atoms with Gasteiger partial charge in [0.25, 0.3) is 0 Å². The number of rotatable bonds is 2. The number of aromatic nitrogens is 1. The molecule has 1 aromatic rings. The zero-order valence-electron chi connectivity index (χ0n) is 8.59. The fourth-order valence-electron chi connectivity index (χ4n) is 1.42. The molecule has 1 amide bonds. The van der Waals surface area contributed by atoms with E-state index < -0.39 is 0 Å². The lowest BCUT2D eigenvalue weighted by Crippen LogP contribution is -2.24. The Labute approximate surface area is 83.1 Å². The number of likely N-dealkylation sites (N-methyl/N-ethyl adjacent to an activating group) is 1. The average Bonchev–Trinajstić information content (AvgIpc) is 2.41. The smallest absolute Gasteiger partial charge is 0.239 e. The summed E-state index contributed by atoms with van der Waals surface area (Å²) in [6.07, 6.45) is 0. The van der Waals surface area contributed by atoms with Gasteiger partial charge in [-0.05, 0) is 25.5 Å². The van der Waals surface area contributed by atoms with E-state index in [1.54, 1.807) is 11.6 Å². The van der Waals surface area contributed by atoms with Gasteiger partial charge >= 0.3 is 0 Å². The molecule has 74 valence electrons. The molecule has 0 bridgehead atoms. The third kappa shape index (κ3) is 1.77. The zero-order valence-corrected chi connectivity index (χ0v) is 8.59. The highest BCUT2D eigenvalue weighted by Crippen LogP contribution is 2.13. The van der Waals surface area contributed by atoms with Crippen LogP contribution in [0.1, 0.15) is 17.0 Å². The summed E-state index contributed by atoms with van der Waals surface area (Å²) in [4.78, 5) is 11.2. The molecule has 4 nitrogen and oxygen atoms in total. The van der Waals surface area contributed by atoms with E-state index in [0.29, 0.717) is 5.69 Å². The number of carbonyl (C=O) groups excluding carboxylic acids is 1. The van der Waals surface area contributed by atoms with Crippen molar-refractivity contribution in [2.75, 3.05) is 7.05 Å². The van der Waals surface area contributed by atoms with Crippen molar-refractivity contribution >= 4 is 5.91 Å². The lowest BCUT2D eigenvalue weighted by atomic mass is 10.3. The molecular formula is C10H13N3O. The summed E-state index contributed by atoms with van der Waals surface area (Å²) in [6.45, 7) is 3.96. The number of carbonyl (C=O) groups is 1. The highest BCUT2D eigenvalue weighted by molar-refractivity contribution is 5.75. The van der Waals surface area contributed by atoms with Crippen LogP contribution in [0.5, 0.6) is 0 Å². The lowest BCUT2D eigenvalue weighted by molar-refractivity contribution is -0.121. The maximum atomic E-state index is 11.2. The van der Waals surface area contributed by atoms with Gasteiger partial charge in [0.1, 0.15) is 18.3 Å². The highest BCUT2D eigenvalue weighted by Gasteiger charge is 2.11. The highest BCUT2D eigenvalue weighted by atomic mass is 16.1. The van der Waals surface area contributed by atoms with Crippen molar-refractivity contribution in [3.63, 3.8) is 0 Å². The topological polar surface area (TPSA) is 57.8 Å². The zero-order chi connectivity index (χ0) is 10.7. The van der Waals surface area contributed by atoms with Gasteiger partial charge in [0, 0.05) is 12.7 Å². The Hall–Kier alpha value is -1.76. The van der Waals surface area contributed by atoms with Crippen LogP contribution in [-0.4, -0.2) is 17.5 Å². The first-order chi connectivity index (χ1) is 6.60. The predicted molar refractivity (Wildman–Crippen MR) is 52.7 cm³/mol. The van der Waals surface area contributed by atoms with Crippen LogP contribution in [0.25, 0.3) is 0 Å². The number of hydrogen-bond donors (Lipinski definition) is 1. The Kier molecular flexibility index (Phi) is 2.92. The molecule has 1 rings (SSSR count). The Morgan fingerprint density at radius 3 is 2.79 bits per heavy atom. The fourth-order valence-corrected chi connectivity index (χ4v) is 1.42. The molecule has 0 aliphatic rings. The van der Waals surface area contributed by atoms with Crippen LogP contribution in [0, 0.1) is 25.2 Å². The first-order valence-electron chi connectivity index (χ1n) is 4.37. The van der Waals surface area contributed by atoms with Crippen molar-refractivity contribution in [3.8, 4) is 6.07 Å². The first kappa shape index (κ1) is 10.3. The third-order valence-electron chi connectivity index (χ3n) is 2.18. The summed E-state index contributed by atoms with van der Waals surface area (Å²) in [5, 5.41) is 11.4. The average molecular weight is 191 g/mol. The molecule has 1 aromatic heterocycles. The molecule has 0 fully saturated rings. The van der Waals surface area contributed by atoms with Gasteiger partial charge in [-0.15, -0.1) is 0 Å². The van der Waals surface area contributed by atoms with Crippen LogP contribution in [0.2, 0.25) is 0 Å². The molecule has 4 heteroatoms. The third-order valence-corrected chi connectivity index (χ3v) is 2.18. The van der Waals surface area contributed by atoms with E-state index in [0.717, 1.165) is 11.3 Å². The molecule has 0 unspecified atom stereocenters. The number of aryl methyl sites for hydroxylation is 2. The summed E-state index contributed by atoms with van der Waals surface area (Å²) in [5.74, 6) is -0.0970. The summed E-state index contributed by atoms with van der Waals surface area (Å²) < 4.78 is 1.72. The normalized spacial score (nSPS) is 9.57. The maximum Gasteiger partial charge on any atom is 0.239 e. The van der Waals surface area contributed by atoms with Crippen molar-refractivity contribution in [1.82, 2.24) is 9.88 Å². The summed E-state index contributed by atoms with van der Waals surface area (Å²) in [5.41, 5.74) is 2.41. The van der Waals surface area contributed by atoms with Gasteiger partial charge in [-0.1, -0.05) is 0 Å². The molecule has 1 heterocycles. The minimum atomic E-state index is -0.0970. The lowest BCUT2D eigenvalue weighted by Gasteiger charge is -2.06. The minimum Gasteiger partial charge on any atom is -0.358 e. The second kappa shape index (κ2) is 3.97. The molecule has 14 heavy (non-hydrogen) atoms. The van der Waals surface area contributed by atoms with Crippen molar-refractivity contribution in [2.45, 2.75) is 20.4 Å². The Morgan fingerprint density at radius 2 is 2.29 bits per heavy atom. The molecule has 0 radical (unpaired) electrons. The summed E-state index contributed by atoms with van der Waals surface area (Å²) in [6, 6.07) is 4.00. The Bertz CT molecular complexity index is 398. The van der Waals surface area contributed by atoms with Crippen LogP contribution in [-0.2, 0) is 11.3 Å². The van der Waals surface area contributed by atoms with Crippen LogP contribution in [0.3, 0.4) is 0 Å². The molecule has 0 aliphatic heterocycles. The van der Waals surface area contributed by atoms with E-state index >= 15 is 0 Å². The SMILES string of the molecule is CNC(=O)Cn1c(C)cc(C)c1C#N. The van der Waals surface area contributed by atoms with Gasteiger partial charge in [-0.25, -0.2) is 0 Å². The van der Waals surface area contributed by atoms with Crippen molar-refractivity contribution < 1.29 is 4.79 Å². The van der Waals surface area contributed by atoms with Gasteiger partial charge in [-0.2, -0.15) is 5.26 Å². The number of hydrogen-bond acceptors (Lipinski definition) is 2. The molecule has 0 aromatic carbocycles. The van der Waals surface area contributed by atoms with Gasteiger partial charge in [-0.3, -0.25) is 4.79 Å². The monoisotopic (exact) mass is 191 g/mol. The van der Waals surface area contributed by atoms with Crippen molar-refractivity contribution in [3.05, 3.63) is 23.0 Å². The molecule has 0 spiro atoms. The van der Waals surface area contributed by atoms with Gasteiger partial charge in [0.2, 0.25) is 5.91 Å². The van der Waals surface area contributed by atoms with Gasteiger partial charge in [0.05, 0.1) is 0 Å². The van der Waals surface area contributed by atoms with Crippen LogP contribution in [0.4, 0.5) is 0 Å².